The summed E-state index contributed by atoms with van der Waals surface area (Å²) in [5.74, 6) is 0.753. The smallest absolute Gasteiger partial charge is 0.0314 e. The van der Waals surface area contributed by atoms with E-state index >= 15 is 0 Å². The predicted molar refractivity (Wildman–Crippen MR) is 75.8 cm³/mol. The molecular weight excluding hydrogens is 208 g/mol. The number of hydrogen-bond acceptors (Lipinski definition) is 2. The van der Waals surface area contributed by atoms with Crippen LogP contribution in [0.4, 0.5) is 5.69 Å². The Hall–Kier alpha value is -1.02. The van der Waals surface area contributed by atoms with Gasteiger partial charge in [0.05, 0.1) is 0 Å². The molecule has 17 heavy (non-hydrogen) atoms. The molecule has 2 heteroatoms. The number of nitrogens with two attached hydrogens (primary N) is 1. The lowest BCUT2D eigenvalue weighted by atomic mass is 9.84. The van der Waals surface area contributed by atoms with Crippen molar-refractivity contribution < 1.29 is 0 Å². The molecule has 0 fully saturated rings. The summed E-state index contributed by atoms with van der Waals surface area (Å²) >= 11 is 0. The van der Waals surface area contributed by atoms with Crippen molar-refractivity contribution >= 4 is 5.69 Å². The maximum Gasteiger partial charge on any atom is 0.0314 e. The number of anilines is 1. The first-order valence-corrected chi connectivity index (χ1v) is 6.44. The lowest BCUT2D eigenvalue weighted by Crippen LogP contribution is -2.30. The average molecular weight is 234 g/mol. The molecule has 0 aromatic heterocycles. The third-order valence-electron chi connectivity index (χ3n) is 2.87. The second-order valence-electron chi connectivity index (χ2n) is 6.11. The monoisotopic (exact) mass is 234 g/mol. The van der Waals surface area contributed by atoms with Gasteiger partial charge in [-0.05, 0) is 35.4 Å². The summed E-state index contributed by atoms with van der Waals surface area (Å²) in [5.41, 5.74) is 8.14. The van der Waals surface area contributed by atoms with Crippen LogP contribution in [-0.4, -0.2) is 6.54 Å². The van der Waals surface area contributed by atoms with E-state index in [1.54, 1.807) is 0 Å². The van der Waals surface area contributed by atoms with E-state index in [-0.39, 0.29) is 0 Å². The average Bonchev–Trinajstić information content (AvgIpc) is 2.18. The molecule has 0 radical (unpaired) electrons. The molecule has 0 aliphatic carbocycles. The van der Waals surface area contributed by atoms with Crippen LogP contribution >= 0.6 is 0 Å². The Balaban J connectivity index is 2.34. The van der Waals surface area contributed by atoms with Gasteiger partial charge in [-0.1, -0.05) is 39.8 Å². The lowest BCUT2D eigenvalue weighted by molar-refractivity contribution is 0.273. The third-order valence-corrected chi connectivity index (χ3v) is 2.87. The molecule has 1 rings (SSSR count). The van der Waals surface area contributed by atoms with Crippen LogP contribution in [0.2, 0.25) is 0 Å². The van der Waals surface area contributed by atoms with Gasteiger partial charge in [0.1, 0.15) is 0 Å². The van der Waals surface area contributed by atoms with Gasteiger partial charge in [-0.3, -0.25) is 0 Å². The van der Waals surface area contributed by atoms with Gasteiger partial charge in [0, 0.05) is 18.8 Å². The van der Waals surface area contributed by atoms with Crippen LogP contribution in [0.15, 0.2) is 24.3 Å². The summed E-state index contributed by atoms with van der Waals surface area (Å²) in [5, 5.41) is 3.53. The van der Waals surface area contributed by atoms with Crippen LogP contribution in [0.3, 0.4) is 0 Å². The first kappa shape index (κ1) is 14.0. The molecule has 0 aliphatic rings. The normalized spacial score (nSPS) is 12.1. The van der Waals surface area contributed by atoms with Gasteiger partial charge in [0.25, 0.3) is 0 Å². The summed E-state index contributed by atoms with van der Waals surface area (Å²) in [7, 11) is 0. The Labute approximate surface area is 106 Å². The van der Waals surface area contributed by atoms with E-state index in [4.69, 9.17) is 5.73 Å². The SMILES string of the molecule is CC(C)CC(C)(C)CNCc1ccc(N)cc1. The summed E-state index contributed by atoms with van der Waals surface area (Å²) in [6.07, 6.45) is 1.25. The van der Waals surface area contributed by atoms with Gasteiger partial charge in [-0.15, -0.1) is 0 Å². The molecule has 96 valence electrons. The van der Waals surface area contributed by atoms with Crippen LogP contribution in [-0.2, 0) is 6.54 Å². The molecule has 0 aliphatic heterocycles. The van der Waals surface area contributed by atoms with E-state index < -0.39 is 0 Å². The zero-order valence-corrected chi connectivity index (χ0v) is 11.6. The van der Waals surface area contributed by atoms with E-state index in [0.29, 0.717) is 5.41 Å². The van der Waals surface area contributed by atoms with Crippen LogP contribution in [0, 0.1) is 11.3 Å². The second kappa shape index (κ2) is 6.06. The zero-order valence-electron chi connectivity index (χ0n) is 11.6. The lowest BCUT2D eigenvalue weighted by Gasteiger charge is -2.27. The van der Waals surface area contributed by atoms with Crippen molar-refractivity contribution in [3.63, 3.8) is 0 Å². The zero-order chi connectivity index (χ0) is 12.9. The molecule has 0 saturated carbocycles. The van der Waals surface area contributed by atoms with Crippen LogP contribution in [0.1, 0.15) is 39.7 Å². The van der Waals surface area contributed by atoms with Gasteiger partial charge in [0.15, 0.2) is 0 Å². The topological polar surface area (TPSA) is 38.0 Å². The van der Waals surface area contributed by atoms with Crippen molar-refractivity contribution in [2.45, 2.75) is 40.7 Å². The highest BCUT2D eigenvalue weighted by atomic mass is 14.9. The molecule has 0 amide bonds. The van der Waals surface area contributed by atoms with Gasteiger partial charge in [0.2, 0.25) is 0 Å². The largest absolute Gasteiger partial charge is 0.399 e. The molecule has 3 N–H and O–H groups in total. The molecule has 1 aromatic rings. The molecule has 0 heterocycles. The number of rotatable bonds is 6. The highest BCUT2D eigenvalue weighted by Gasteiger charge is 2.18. The van der Waals surface area contributed by atoms with E-state index in [0.717, 1.165) is 24.7 Å². The molecular formula is C15H26N2. The standard InChI is InChI=1S/C15H26N2/c1-12(2)9-15(3,4)11-17-10-13-5-7-14(16)8-6-13/h5-8,12,17H,9-11,16H2,1-4H3. The molecule has 2 nitrogen and oxygen atoms in total. The highest BCUT2D eigenvalue weighted by Crippen LogP contribution is 2.24. The Morgan fingerprint density at radius 2 is 1.76 bits per heavy atom. The summed E-state index contributed by atoms with van der Waals surface area (Å²) < 4.78 is 0. The number of nitrogen functional groups attached to an aromatic ring is 1. The van der Waals surface area contributed by atoms with Gasteiger partial charge < -0.3 is 11.1 Å². The molecule has 0 bridgehead atoms. The quantitative estimate of drug-likeness (QED) is 0.740. The minimum atomic E-state index is 0.363. The fourth-order valence-electron chi connectivity index (χ4n) is 2.36. The first-order valence-electron chi connectivity index (χ1n) is 6.44. The van der Waals surface area contributed by atoms with E-state index in [2.05, 4.69) is 45.1 Å². The minimum absolute atomic E-state index is 0.363. The van der Waals surface area contributed by atoms with Gasteiger partial charge >= 0.3 is 0 Å². The Morgan fingerprint density at radius 3 is 2.29 bits per heavy atom. The predicted octanol–water partition coefficient (Wildman–Crippen LogP) is 3.43. The van der Waals surface area contributed by atoms with Crippen molar-refractivity contribution in [3.05, 3.63) is 29.8 Å². The van der Waals surface area contributed by atoms with Crippen LogP contribution < -0.4 is 11.1 Å². The Morgan fingerprint density at radius 1 is 1.18 bits per heavy atom. The van der Waals surface area contributed by atoms with E-state index in [1.165, 1.54) is 12.0 Å². The van der Waals surface area contributed by atoms with E-state index in [9.17, 15) is 0 Å². The number of hydrogen-bond donors (Lipinski definition) is 2. The molecule has 0 atom stereocenters. The third kappa shape index (κ3) is 5.73. The second-order valence-corrected chi connectivity index (χ2v) is 6.11. The summed E-state index contributed by atoms with van der Waals surface area (Å²) in [6, 6.07) is 8.07. The number of nitrogens with one attached hydrogen (secondary N) is 1. The van der Waals surface area contributed by atoms with Crippen molar-refractivity contribution in [1.29, 1.82) is 0 Å². The molecule has 1 aromatic carbocycles. The highest BCUT2D eigenvalue weighted by molar-refractivity contribution is 5.39. The summed E-state index contributed by atoms with van der Waals surface area (Å²) in [6.45, 7) is 11.2. The maximum absolute atomic E-state index is 5.66. The first-order chi connectivity index (χ1) is 7.89. The fourth-order valence-corrected chi connectivity index (χ4v) is 2.36. The maximum atomic E-state index is 5.66. The van der Waals surface area contributed by atoms with E-state index in [1.807, 2.05) is 12.1 Å². The minimum Gasteiger partial charge on any atom is -0.399 e. The van der Waals surface area contributed by atoms with Crippen molar-refractivity contribution in [2.24, 2.45) is 11.3 Å². The van der Waals surface area contributed by atoms with Crippen LogP contribution in [0.25, 0.3) is 0 Å². The number of benzene rings is 1. The van der Waals surface area contributed by atoms with Crippen LogP contribution in [0.5, 0.6) is 0 Å². The Kier molecular flexibility index (Phi) is 5.01. The molecule has 0 unspecified atom stereocenters. The molecule has 0 spiro atoms. The van der Waals surface area contributed by atoms with Gasteiger partial charge in [-0.2, -0.15) is 0 Å². The molecule has 0 saturated heterocycles. The Bertz CT molecular complexity index is 325. The van der Waals surface area contributed by atoms with Crippen molar-refractivity contribution in [2.75, 3.05) is 12.3 Å². The summed E-state index contributed by atoms with van der Waals surface area (Å²) in [4.78, 5) is 0. The fraction of sp³-hybridized carbons (Fsp3) is 0.600. The van der Waals surface area contributed by atoms with Crippen molar-refractivity contribution in [1.82, 2.24) is 5.32 Å². The van der Waals surface area contributed by atoms with Gasteiger partial charge in [-0.25, -0.2) is 0 Å². The van der Waals surface area contributed by atoms with Crippen molar-refractivity contribution in [3.8, 4) is 0 Å².